The maximum atomic E-state index is 12.4. The van der Waals surface area contributed by atoms with Crippen LogP contribution < -0.4 is 10.1 Å². The van der Waals surface area contributed by atoms with Gasteiger partial charge >= 0.3 is 12.0 Å². The number of aliphatic carboxylic acids is 1. The molecule has 1 aliphatic heterocycles. The first kappa shape index (κ1) is 17.1. The van der Waals surface area contributed by atoms with Crippen LogP contribution in [-0.4, -0.2) is 42.2 Å². The van der Waals surface area contributed by atoms with E-state index in [0.717, 1.165) is 17.7 Å². The van der Waals surface area contributed by atoms with Crippen LogP contribution in [0.15, 0.2) is 24.3 Å². The average Bonchev–Trinajstić information content (AvgIpc) is 2.96. The van der Waals surface area contributed by atoms with Gasteiger partial charge in [0.15, 0.2) is 0 Å². The van der Waals surface area contributed by atoms with Gasteiger partial charge in [0.25, 0.3) is 0 Å². The highest BCUT2D eigenvalue weighted by Crippen LogP contribution is 2.30. The predicted octanol–water partition coefficient (Wildman–Crippen LogP) is 2.65. The molecule has 1 aromatic rings. The minimum Gasteiger partial charge on any atom is -0.497 e. The third-order valence-electron chi connectivity index (χ3n) is 4.50. The SMILES string of the molecule is CCC(NC(=O)N1CCC(C)(C(=O)O)C1)c1ccc(OC)cc1. The molecule has 0 spiro atoms. The fraction of sp³-hybridized carbons (Fsp3) is 0.529. The van der Waals surface area contributed by atoms with E-state index >= 15 is 0 Å². The molecule has 0 aliphatic carbocycles. The molecule has 0 aromatic heterocycles. The van der Waals surface area contributed by atoms with Crippen molar-refractivity contribution >= 4 is 12.0 Å². The van der Waals surface area contributed by atoms with Crippen molar-refractivity contribution in [3.05, 3.63) is 29.8 Å². The van der Waals surface area contributed by atoms with Gasteiger partial charge in [-0.3, -0.25) is 4.79 Å². The normalized spacial score (nSPS) is 21.8. The third kappa shape index (κ3) is 3.75. The highest BCUT2D eigenvalue weighted by molar-refractivity contribution is 5.79. The van der Waals surface area contributed by atoms with Gasteiger partial charge in [0, 0.05) is 13.1 Å². The maximum Gasteiger partial charge on any atom is 0.317 e. The quantitative estimate of drug-likeness (QED) is 0.874. The van der Waals surface area contributed by atoms with Crippen molar-refractivity contribution in [2.75, 3.05) is 20.2 Å². The number of urea groups is 1. The largest absolute Gasteiger partial charge is 0.497 e. The molecule has 1 heterocycles. The summed E-state index contributed by atoms with van der Waals surface area (Å²) in [6.45, 7) is 4.39. The summed E-state index contributed by atoms with van der Waals surface area (Å²) in [5.74, 6) is -0.0818. The lowest BCUT2D eigenvalue weighted by molar-refractivity contribution is -0.147. The fourth-order valence-corrected chi connectivity index (χ4v) is 2.81. The van der Waals surface area contributed by atoms with Crippen LogP contribution in [0, 0.1) is 5.41 Å². The number of likely N-dealkylation sites (tertiary alicyclic amines) is 1. The Hall–Kier alpha value is -2.24. The number of nitrogens with one attached hydrogen (secondary N) is 1. The Labute approximate surface area is 136 Å². The lowest BCUT2D eigenvalue weighted by Gasteiger charge is -2.24. The molecule has 1 saturated heterocycles. The van der Waals surface area contributed by atoms with E-state index in [1.807, 2.05) is 31.2 Å². The summed E-state index contributed by atoms with van der Waals surface area (Å²) in [5, 5.41) is 12.2. The Kier molecular flexibility index (Phi) is 5.13. The maximum absolute atomic E-state index is 12.4. The van der Waals surface area contributed by atoms with Crippen molar-refractivity contribution in [2.24, 2.45) is 5.41 Å². The Morgan fingerprint density at radius 1 is 1.39 bits per heavy atom. The van der Waals surface area contributed by atoms with Crippen molar-refractivity contribution in [3.63, 3.8) is 0 Å². The summed E-state index contributed by atoms with van der Waals surface area (Å²) in [6, 6.07) is 7.27. The van der Waals surface area contributed by atoms with E-state index < -0.39 is 11.4 Å². The first-order valence-electron chi connectivity index (χ1n) is 7.82. The van der Waals surface area contributed by atoms with Crippen molar-refractivity contribution in [1.82, 2.24) is 10.2 Å². The molecule has 0 radical (unpaired) electrons. The minimum absolute atomic E-state index is 0.106. The predicted molar refractivity (Wildman–Crippen MR) is 86.5 cm³/mol. The van der Waals surface area contributed by atoms with Crippen LogP contribution in [0.3, 0.4) is 0 Å². The summed E-state index contributed by atoms with van der Waals surface area (Å²) in [5.41, 5.74) is 0.154. The third-order valence-corrected chi connectivity index (χ3v) is 4.50. The van der Waals surface area contributed by atoms with E-state index in [1.54, 1.807) is 18.9 Å². The molecule has 2 unspecified atom stereocenters. The second-order valence-electron chi connectivity index (χ2n) is 6.22. The van der Waals surface area contributed by atoms with Crippen molar-refractivity contribution in [2.45, 2.75) is 32.7 Å². The van der Waals surface area contributed by atoms with Gasteiger partial charge in [-0.1, -0.05) is 19.1 Å². The van der Waals surface area contributed by atoms with Crippen LogP contribution in [-0.2, 0) is 4.79 Å². The van der Waals surface area contributed by atoms with E-state index in [9.17, 15) is 14.7 Å². The Morgan fingerprint density at radius 3 is 2.52 bits per heavy atom. The first-order chi connectivity index (χ1) is 10.9. The highest BCUT2D eigenvalue weighted by Gasteiger charge is 2.42. The molecule has 1 fully saturated rings. The Balaban J connectivity index is 2.01. The van der Waals surface area contributed by atoms with Crippen LogP contribution in [0.2, 0.25) is 0 Å². The molecule has 0 bridgehead atoms. The molecule has 126 valence electrons. The summed E-state index contributed by atoms with van der Waals surface area (Å²) in [7, 11) is 1.61. The van der Waals surface area contributed by atoms with E-state index in [2.05, 4.69) is 5.32 Å². The Morgan fingerprint density at radius 2 is 2.04 bits per heavy atom. The first-order valence-corrected chi connectivity index (χ1v) is 7.82. The molecule has 2 atom stereocenters. The number of hydrogen-bond acceptors (Lipinski definition) is 3. The minimum atomic E-state index is -0.852. The van der Waals surface area contributed by atoms with Gasteiger partial charge in [-0.2, -0.15) is 0 Å². The van der Waals surface area contributed by atoms with Crippen molar-refractivity contribution < 1.29 is 19.4 Å². The van der Waals surface area contributed by atoms with Crippen LogP contribution >= 0.6 is 0 Å². The smallest absolute Gasteiger partial charge is 0.317 e. The summed E-state index contributed by atoms with van der Waals surface area (Å²) >= 11 is 0. The van der Waals surface area contributed by atoms with Crippen LogP contribution in [0.4, 0.5) is 4.79 Å². The zero-order valence-corrected chi connectivity index (χ0v) is 13.8. The van der Waals surface area contributed by atoms with Crippen LogP contribution in [0.25, 0.3) is 0 Å². The number of amides is 2. The molecule has 0 saturated carbocycles. The zero-order valence-electron chi connectivity index (χ0n) is 13.8. The molecule has 6 nitrogen and oxygen atoms in total. The van der Waals surface area contributed by atoms with E-state index in [4.69, 9.17) is 4.74 Å². The van der Waals surface area contributed by atoms with Gasteiger partial charge in [-0.25, -0.2) is 4.79 Å². The van der Waals surface area contributed by atoms with Crippen molar-refractivity contribution in [3.8, 4) is 5.75 Å². The number of nitrogens with zero attached hydrogens (tertiary/aromatic N) is 1. The molecule has 6 heteroatoms. The number of methoxy groups -OCH3 is 1. The average molecular weight is 320 g/mol. The number of carboxylic acid groups (broad SMARTS) is 1. The summed E-state index contributed by atoms with van der Waals surface area (Å²) in [4.78, 5) is 25.3. The lowest BCUT2D eigenvalue weighted by atomic mass is 9.90. The van der Waals surface area contributed by atoms with E-state index in [1.165, 1.54) is 0 Å². The van der Waals surface area contributed by atoms with Gasteiger partial charge in [0.1, 0.15) is 5.75 Å². The zero-order chi connectivity index (χ0) is 17.0. The number of carboxylic acids is 1. The number of benzene rings is 1. The fourth-order valence-electron chi connectivity index (χ4n) is 2.81. The molecule has 23 heavy (non-hydrogen) atoms. The van der Waals surface area contributed by atoms with Crippen LogP contribution in [0.1, 0.15) is 38.3 Å². The number of ether oxygens (including phenoxy) is 1. The molecule has 2 amide bonds. The second kappa shape index (κ2) is 6.89. The molecule has 2 rings (SSSR count). The number of rotatable bonds is 5. The number of carbonyl (C=O) groups is 2. The van der Waals surface area contributed by atoms with Gasteiger partial charge in [0.2, 0.25) is 0 Å². The summed E-state index contributed by atoms with van der Waals surface area (Å²) < 4.78 is 5.14. The number of hydrogen-bond donors (Lipinski definition) is 2. The lowest BCUT2D eigenvalue weighted by Crippen LogP contribution is -2.42. The molecular weight excluding hydrogens is 296 g/mol. The van der Waals surface area contributed by atoms with Crippen LogP contribution in [0.5, 0.6) is 5.75 Å². The number of carbonyl (C=O) groups excluding carboxylic acids is 1. The van der Waals surface area contributed by atoms with Gasteiger partial charge in [0.05, 0.1) is 18.6 Å². The molecular formula is C17H24N2O4. The standard InChI is InChI=1S/C17H24N2O4/c1-4-14(12-5-7-13(23-3)8-6-12)18-16(22)19-10-9-17(2,11-19)15(20)21/h5-8,14H,4,9-11H2,1-3H3,(H,18,22)(H,20,21). The van der Waals surface area contributed by atoms with Gasteiger partial charge in [-0.15, -0.1) is 0 Å². The van der Waals surface area contributed by atoms with Crippen molar-refractivity contribution in [1.29, 1.82) is 0 Å². The summed E-state index contributed by atoms with van der Waals surface area (Å²) in [6.07, 6.45) is 1.23. The molecule has 1 aliphatic rings. The topological polar surface area (TPSA) is 78.9 Å². The Bertz CT molecular complexity index is 572. The monoisotopic (exact) mass is 320 g/mol. The van der Waals surface area contributed by atoms with E-state index in [0.29, 0.717) is 13.0 Å². The second-order valence-corrected chi connectivity index (χ2v) is 6.22. The molecule has 2 N–H and O–H groups in total. The van der Waals surface area contributed by atoms with E-state index in [-0.39, 0.29) is 18.6 Å². The van der Waals surface area contributed by atoms with Gasteiger partial charge in [-0.05, 0) is 37.5 Å². The molecule has 1 aromatic carbocycles. The van der Waals surface area contributed by atoms with Gasteiger partial charge < -0.3 is 20.1 Å². The highest BCUT2D eigenvalue weighted by atomic mass is 16.5.